The molecule has 0 aromatic heterocycles. The Labute approximate surface area is 77.3 Å². The largest absolute Gasteiger partial charge is 0.320 e. The van der Waals surface area contributed by atoms with Crippen molar-refractivity contribution in [3.8, 4) is 0 Å². The number of rotatable bonds is 0. The molecule has 1 fully saturated rings. The van der Waals surface area contributed by atoms with Crippen LogP contribution in [-0.4, -0.2) is 34.5 Å². The molecule has 0 aliphatic carbocycles. The predicted octanol–water partition coefficient (Wildman–Crippen LogP) is -0.268. The van der Waals surface area contributed by atoms with Crippen molar-refractivity contribution in [2.24, 2.45) is 5.73 Å². The second kappa shape index (κ2) is 3.80. The molecule has 1 rings (SSSR count). The Bertz CT molecular complexity index is 165. The third kappa shape index (κ3) is 2.37. The molecule has 0 aromatic rings. The summed E-state index contributed by atoms with van der Waals surface area (Å²) in [5, 5.41) is -0.206. The number of thiol groups is 2. The number of nitrogens with zero attached hydrogens (tertiary/aromatic N) is 1. The van der Waals surface area contributed by atoms with Crippen LogP contribution >= 0.6 is 25.4 Å². The van der Waals surface area contributed by atoms with Crippen LogP contribution in [-0.2, 0) is 4.79 Å². The van der Waals surface area contributed by atoms with E-state index in [1.54, 1.807) is 4.31 Å². The lowest BCUT2D eigenvalue weighted by Gasteiger charge is -2.13. The molecule has 1 saturated heterocycles. The Hall–Kier alpha value is 0.290. The topological polar surface area (TPSA) is 46.3 Å². The molecule has 0 saturated carbocycles. The Morgan fingerprint density at radius 2 is 2.27 bits per heavy atom. The minimum atomic E-state index is -0.419. The molecule has 2 atom stereocenters. The Balaban J connectivity index is 2.61. The molecule has 1 heterocycles. The van der Waals surface area contributed by atoms with Crippen LogP contribution in [0.5, 0.6) is 0 Å². The van der Waals surface area contributed by atoms with E-state index in [-0.39, 0.29) is 11.0 Å². The number of ketones is 1. The van der Waals surface area contributed by atoms with Crippen molar-refractivity contribution in [1.29, 1.82) is 0 Å². The van der Waals surface area contributed by atoms with Gasteiger partial charge in [-0.05, 0) is 6.42 Å². The summed E-state index contributed by atoms with van der Waals surface area (Å²) >= 11 is 8.27. The molecular weight excluding hydrogens is 180 g/mol. The van der Waals surface area contributed by atoms with Crippen LogP contribution < -0.4 is 5.73 Å². The number of hydrogen-bond donors (Lipinski definition) is 3. The molecule has 0 amide bonds. The third-order valence-electron chi connectivity index (χ3n) is 1.76. The summed E-state index contributed by atoms with van der Waals surface area (Å²) in [5.74, 6) is 0.0323. The van der Waals surface area contributed by atoms with Crippen LogP contribution in [0.15, 0.2) is 0 Å². The fraction of sp³-hybridized carbons (Fsp3) is 0.833. The van der Waals surface area contributed by atoms with E-state index in [9.17, 15) is 4.79 Å². The van der Waals surface area contributed by atoms with Gasteiger partial charge < -0.3 is 5.73 Å². The number of Topliss-reactive ketones (excluding diaryl/α,β-unsaturated/α-hetero) is 1. The third-order valence-corrected chi connectivity index (χ3v) is 2.64. The summed E-state index contributed by atoms with van der Waals surface area (Å²) in [6.07, 6.45) is 0.735. The van der Waals surface area contributed by atoms with Crippen molar-refractivity contribution >= 4 is 31.2 Å². The van der Waals surface area contributed by atoms with Crippen molar-refractivity contribution in [2.75, 3.05) is 13.1 Å². The molecule has 2 unspecified atom stereocenters. The second-order valence-electron chi connectivity index (χ2n) is 2.73. The zero-order chi connectivity index (χ0) is 8.43. The van der Waals surface area contributed by atoms with Gasteiger partial charge in [0.15, 0.2) is 5.78 Å². The van der Waals surface area contributed by atoms with Crippen LogP contribution in [0.25, 0.3) is 0 Å². The van der Waals surface area contributed by atoms with Crippen molar-refractivity contribution < 1.29 is 4.79 Å². The first-order valence-corrected chi connectivity index (χ1v) is 4.44. The monoisotopic (exact) mass is 192 g/mol. The van der Waals surface area contributed by atoms with Crippen LogP contribution in [0.1, 0.15) is 6.42 Å². The van der Waals surface area contributed by atoms with Gasteiger partial charge in [-0.2, -0.15) is 12.6 Å². The van der Waals surface area contributed by atoms with Gasteiger partial charge in [-0.3, -0.25) is 9.10 Å². The molecular formula is C6H12N2OS2. The SMILES string of the molecule is NC1CN(S)CCC(S)C1=O. The van der Waals surface area contributed by atoms with Gasteiger partial charge in [-0.15, -0.1) is 0 Å². The number of nitrogens with two attached hydrogens (primary N) is 1. The summed E-state index contributed by atoms with van der Waals surface area (Å²) < 4.78 is 1.76. The summed E-state index contributed by atoms with van der Waals surface area (Å²) in [6.45, 7) is 1.30. The van der Waals surface area contributed by atoms with E-state index in [1.807, 2.05) is 0 Å². The van der Waals surface area contributed by atoms with Crippen molar-refractivity contribution in [2.45, 2.75) is 17.7 Å². The average molecular weight is 192 g/mol. The van der Waals surface area contributed by atoms with Crippen LogP contribution in [0.3, 0.4) is 0 Å². The summed E-state index contributed by atoms with van der Waals surface area (Å²) in [7, 11) is 0. The van der Waals surface area contributed by atoms with Crippen LogP contribution in [0.4, 0.5) is 0 Å². The summed E-state index contributed by atoms with van der Waals surface area (Å²) in [4.78, 5) is 11.2. The van der Waals surface area contributed by atoms with Gasteiger partial charge in [0.2, 0.25) is 0 Å². The summed E-state index contributed by atoms with van der Waals surface area (Å²) in [5.41, 5.74) is 5.57. The van der Waals surface area contributed by atoms with Gasteiger partial charge in [-0.25, -0.2) is 0 Å². The van der Waals surface area contributed by atoms with E-state index in [2.05, 4.69) is 25.4 Å². The maximum atomic E-state index is 11.2. The quantitative estimate of drug-likeness (QED) is 0.463. The van der Waals surface area contributed by atoms with Gasteiger partial charge in [0.1, 0.15) is 0 Å². The molecule has 0 radical (unpaired) electrons. The van der Waals surface area contributed by atoms with Crippen LogP contribution in [0, 0.1) is 0 Å². The lowest BCUT2D eigenvalue weighted by Crippen LogP contribution is -2.39. The van der Waals surface area contributed by atoms with Gasteiger partial charge in [0.05, 0.1) is 11.3 Å². The van der Waals surface area contributed by atoms with E-state index in [0.29, 0.717) is 6.54 Å². The van der Waals surface area contributed by atoms with E-state index < -0.39 is 6.04 Å². The lowest BCUT2D eigenvalue weighted by molar-refractivity contribution is -0.119. The second-order valence-corrected chi connectivity index (χ2v) is 3.91. The number of carbonyl (C=O) groups excluding carboxylic acids is 1. The van der Waals surface area contributed by atoms with E-state index in [1.165, 1.54) is 0 Å². The zero-order valence-electron chi connectivity index (χ0n) is 6.10. The molecule has 64 valence electrons. The molecule has 0 bridgehead atoms. The minimum Gasteiger partial charge on any atom is -0.320 e. The number of hydrogen-bond acceptors (Lipinski definition) is 5. The molecule has 1 aliphatic rings. The molecule has 2 N–H and O–H groups in total. The highest BCUT2D eigenvalue weighted by atomic mass is 32.1. The van der Waals surface area contributed by atoms with Crippen molar-refractivity contribution in [3.05, 3.63) is 0 Å². The fourth-order valence-electron chi connectivity index (χ4n) is 1.07. The number of carbonyl (C=O) groups is 1. The Morgan fingerprint density at radius 3 is 2.91 bits per heavy atom. The molecule has 0 spiro atoms. The van der Waals surface area contributed by atoms with Gasteiger partial charge in [-0.1, -0.05) is 12.8 Å². The molecule has 3 nitrogen and oxygen atoms in total. The maximum Gasteiger partial charge on any atom is 0.163 e. The smallest absolute Gasteiger partial charge is 0.163 e. The highest BCUT2D eigenvalue weighted by molar-refractivity contribution is 7.81. The highest BCUT2D eigenvalue weighted by Crippen LogP contribution is 2.12. The Morgan fingerprint density at radius 1 is 1.64 bits per heavy atom. The van der Waals surface area contributed by atoms with Gasteiger partial charge in [0.25, 0.3) is 0 Å². The van der Waals surface area contributed by atoms with Crippen molar-refractivity contribution in [1.82, 2.24) is 4.31 Å². The predicted molar refractivity (Wildman–Crippen MR) is 50.9 cm³/mol. The highest BCUT2D eigenvalue weighted by Gasteiger charge is 2.26. The van der Waals surface area contributed by atoms with Crippen molar-refractivity contribution in [3.63, 3.8) is 0 Å². The molecule has 1 aliphatic heterocycles. The molecule has 0 aromatic carbocycles. The van der Waals surface area contributed by atoms with E-state index in [0.717, 1.165) is 13.0 Å². The first kappa shape index (κ1) is 9.38. The fourth-order valence-corrected chi connectivity index (χ4v) is 1.67. The summed E-state index contributed by atoms with van der Waals surface area (Å²) in [6, 6.07) is -0.419. The zero-order valence-corrected chi connectivity index (χ0v) is 7.89. The van der Waals surface area contributed by atoms with E-state index in [4.69, 9.17) is 5.73 Å². The Kier molecular flexibility index (Phi) is 3.24. The normalized spacial score (nSPS) is 35.4. The van der Waals surface area contributed by atoms with Gasteiger partial charge in [0, 0.05) is 13.1 Å². The lowest BCUT2D eigenvalue weighted by atomic mass is 10.1. The van der Waals surface area contributed by atoms with E-state index >= 15 is 0 Å². The maximum absolute atomic E-state index is 11.2. The molecule has 11 heavy (non-hydrogen) atoms. The first-order valence-electron chi connectivity index (χ1n) is 3.52. The standard InChI is InChI=1S/C6H12N2OS2/c7-4-3-8(11)2-1-5(10)6(4)9/h4-5,10-11H,1-3,7H2. The van der Waals surface area contributed by atoms with Gasteiger partial charge >= 0.3 is 0 Å². The first-order chi connectivity index (χ1) is 5.11. The minimum absolute atomic E-state index is 0.0323. The average Bonchev–Trinajstić information content (AvgIpc) is 2.05. The molecule has 5 heteroatoms. The van der Waals surface area contributed by atoms with Crippen LogP contribution in [0.2, 0.25) is 0 Å².